The Labute approximate surface area is 122 Å². The second-order valence-corrected chi connectivity index (χ2v) is 4.56. The summed E-state index contributed by atoms with van der Waals surface area (Å²) in [5.74, 6) is 0.743. The number of hydrogen-bond donors (Lipinski definition) is 0. The van der Waals surface area contributed by atoms with Gasteiger partial charge in [-0.1, -0.05) is 12.1 Å². The fourth-order valence-corrected chi connectivity index (χ4v) is 2.15. The van der Waals surface area contributed by atoms with E-state index in [1.165, 1.54) is 0 Å². The number of halogens is 1. The van der Waals surface area contributed by atoms with Gasteiger partial charge in [0.25, 0.3) is 0 Å². The van der Waals surface area contributed by atoms with Crippen molar-refractivity contribution in [3.63, 3.8) is 0 Å². The predicted molar refractivity (Wildman–Crippen MR) is 78.9 cm³/mol. The Hall–Kier alpha value is -1.90. The fraction of sp³-hybridized carbons (Fsp3) is 0.357. The predicted octanol–water partition coefficient (Wildman–Crippen LogP) is 2.65. The summed E-state index contributed by atoms with van der Waals surface area (Å²) in [6.07, 6.45) is 0.416. The molecule has 0 saturated heterocycles. The largest absolute Gasteiger partial charge is 0.383 e. The number of nitriles is 1. The Balaban J connectivity index is 2.43. The quantitative estimate of drug-likeness (QED) is 0.765. The van der Waals surface area contributed by atoms with Crippen molar-refractivity contribution in [3.8, 4) is 6.07 Å². The molecule has 0 unspecified atom stereocenters. The highest BCUT2D eigenvalue weighted by Gasteiger charge is 2.13. The van der Waals surface area contributed by atoms with Crippen LogP contribution in [0.5, 0.6) is 0 Å². The van der Waals surface area contributed by atoms with Gasteiger partial charge in [-0.05, 0) is 23.7 Å². The zero-order valence-electron chi connectivity index (χ0n) is 11.2. The summed E-state index contributed by atoms with van der Waals surface area (Å²) in [7, 11) is 1.65. The first-order valence-electron chi connectivity index (χ1n) is 6.29. The minimum Gasteiger partial charge on any atom is -0.383 e. The number of aromatic nitrogens is 2. The van der Waals surface area contributed by atoms with E-state index in [0.717, 1.165) is 16.7 Å². The van der Waals surface area contributed by atoms with E-state index < -0.39 is 0 Å². The van der Waals surface area contributed by atoms with E-state index in [-0.39, 0.29) is 5.28 Å². The second-order valence-electron chi connectivity index (χ2n) is 4.22. The first-order chi connectivity index (χ1) is 9.76. The van der Waals surface area contributed by atoms with Crippen LogP contribution in [0.4, 0.5) is 5.82 Å². The van der Waals surface area contributed by atoms with Crippen molar-refractivity contribution in [2.45, 2.75) is 6.42 Å². The molecule has 0 spiro atoms. The molecule has 0 radical (unpaired) electrons. The maximum absolute atomic E-state index is 8.79. The van der Waals surface area contributed by atoms with Crippen LogP contribution in [-0.2, 0) is 4.74 Å². The van der Waals surface area contributed by atoms with E-state index in [1.807, 2.05) is 29.2 Å². The number of rotatable bonds is 6. The highest BCUT2D eigenvalue weighted by atomic mass is 35.5. The number of hydrogen-bond acceptors (Lipinski definition) is 5. The monoisotopic (exact) mass is 290 g/mol. The number of fused-ring (bicyclic) bond motifs is 1. The Morgan fingerprint density at radius 3 is 2.85 bits per heavy atom. The third kappa shape index (κ3) is 3.35. The van der Waals surface area contributed by atoms with Crippen LogP contribution in [0.15, 0.2) is 24.3 Å². The van der Waals surface area contributed by atoms with Crippen molar-refractivity contribution in [1.82, 2.24) is 9.97 Å². The lowest BCUT2D eigenvalue weighted by molar-refractivity contribution is 0.205. The van der Waals surface area contributed by atoms with E-state index in [1.54, 1.807) is 7.11 Å². The molecule has 6 heteroatoms. The number of nitrogens with zero attached hydrogens (tertiary/aromatic N) is 4. The number of anilines is 1. The van der Waals surface area contributed by atoms with Gasteiger partial charge in [0.15, 0.2) is 0 Å². The van der Waals surface area contributed by atoms with E-state index in [9.17, 15) is 0 Å². The molecule has 0 N–H and O–H groups in total. The first-order valence-corrected chi connectivity index (χ1v) is 6.67. The summed E-state index contributed by atoms with van der Waals surface area (Å²) in [6, 6.07) is 9.83. The van der Waals surface area contributed by atoms with Gasteiger partial charge in [-0.15, -0.1) is 0 Å². The van der Waals surface area contributed by atoms with Gasteiger partial charge in [0, 0.05) is 25.6 Å². The molecular weight excluding hydrogens is 276 g/mol. The molecule has 1 aromatic carbocycles. The van der Waals surface area contributed by atoms with Gasteiger partial charge in [-0.25, -0.2) is 4.98 Å². The highest BCUT2D eigenvalue weighted by Crippen LogP contribution is 2.25. The van der Waals surface area contributed by atoms with Gasteiger partial charge in [0.1, 0.15) is 5.82 Å². The molecule has 0 aliphatic carbocycles. The summed E-state index contributed by atoms with van der Waals surface area (Å²) in [6.45, 7) is 1.79. The van der Waals surface area contributed by atoms with Crippen molar-refractivity contribution in [2.75, 3.05) is 31.7 Å². The maximum Gasteiger partial charge on any atom is 0.224 e. The van der Waals surface area contributed by atoms with Gasteiger partial charge in [0.05, 0.1) is 24.6 Å². The topological polar surface area (TPSA) is 62.0 Å². The average Bonchev–Trinajstić information content (AvgIpc) is 2.46. The molecule has 104 valence electrons. The van der Waals surface area contributed by atoms with Gasteiger partial charge in [-0.2, -0.15) is 10.2 Å². The van der Waals surface area contributed by atoms with E-state index in [4.69, 9.17) is 21.6 Å². The van der Waals surface area contributed by atoms with Crippen LogP contribution in [0.2, 0.25) is 5.28 Å². The van der Waals surface area contributed by atoms with Crippen molar-refractivity contribution < 1.29 is 4.74 Å². The number of para-hydroxylation sites is 1. The molecule has 0 atom stereocenters. The lowest BCUT2D eigenvalue weighted by atomic mass is 10.2. The molecule has 1 aromatic heterocycles. The standard InChI is InChI=1S/C14H15ClN4O/c1-20-10-9-19(8-4-7-16)13-11-5-2-3-6-12(11)17-14(15)18-13/h2-3,5-6H,4,8-10H2,1H3. The normalized spacial score (nSPS) is 10.4. The van der Waals surface area contributed by atoms with E-state index in [0.29, 0.717) is 26.1 Å². The van der Waals surface area contributed by atoms with Gasteiger partial charge >= 0.3 is 0 Å². The molecule has 0 bridgehead atoms. The van der Waals surface area contributed by atoms with E-state index in [2.05, 4.69) is 16.0 Å². The minimum atomic E-state index is 0.207. The van der Waals surface area contributed by atoms with Crippen LogP contribution >= 0.6 is 11.6 Å². The number of ether oxygens (including phenoxy) is 1. The summed E-state index contributed by atoms with van der Waals surface area (Å²) in [5, 5.41) is 9.92. The summed E-state index contributed by atoms with van der Waals surface area (Å²) in [5.41, 5.74) is 0.793. The van der Waals surface area contributed by atoms with Crippen LogP contribution < -0.4 is 4.90 Å². The third-order valence-corrected chi connectivity index (χ3v) is 3.08. The zero-order chi connectivity index (χ0) is 14.4. The molecule has 2 rings (SSSR count). The lowest BCUT2D eigenvalue weighted by Gasteiger charge is -2.23. The molecule has 0 amide bonds. The highest BCUT2D eigenvalue weighted by molar-refractivity contribution is 6.28. The molecule has 20 heavy (non-hydrogen) atoms. The van der Waals surface area contributed by atoms with Crippen LogP contribution in [0.3, 0.4) is 0 Å². The van der Waals surface area contributed by atoms with Crippen LogP contribution in [0.1, 0.15) is 6.42 Å². The molecule has 0 aliphatic rings. The summed E-state index contributed by atoms with van der Waals surface area (Å²) in [4.78, 5) is 10.5. The molecule has 0 saturated carbocycles. The molecule has 1 heterocycles. The second kappa shape index (κ2) is 7.04. The third-order valence-electron chi connectivity index (χ3n) is 2.91. The smallest absolute Gasteiger partial charge is 0.224 e. The molecule has 0 fully saturated rings. The molecule has 5 nitrogen and oxygen atoms in total. The Kier molecular flexibility index (Phi) is 5.10. The number of benzene rings is 1. The van der Waals surface area contributed by atoms with Crippen molar-refractivity contribution in [3.05, 3.63) is 29.5 Å². The minimum absolute atomic E-state index is 0.207. The van der Waals surface area contributed by atoms with Gasteiger partial charge in [-0.3, -0.25) is 0 Å². The Morgan fingerprint density at radius 1 is 1.30 bits per heavy atom. The van der Waals surface area contributed by atoms with Gasteiger partial charge < -0.3 is 9.64 Å². The molecule has 2 aromatic rings. The molecular formula is C14H15ClN4O. The fourth-order valence-electron chi connectivity index (χ4n) is 1.98. The number of methoxy groups -OCH3 is 1. The van der Waals surface area contributed by atoms with E-state index >= 15 is 0 Å². The summed E-state index contributed by atoms with van der Waals surface area (Å²) < 4.78 is 5.12. The Morgan fingerprint density at radius 2 is 2.10 bits per heavy atom. The van der Waals surface area contributed by atoms with Gasteiger partial charge in [0.2, 0.25) is 5.28 Å². The average molecular weight is 291 g/mol. The summed E-state index contributed by atoms with van der Waals surface area (Å²) >= 11 is 5.99. The lowest BCUT2D eigenvalue weighted by Crippen LogP contribution is -2.29. The SMILES string of the molecule is COCCN(CCC#N)c1nc(Cl)nc2ccccc12. The first kappa shape index (κ1) is 14.5. The van der Waals surface area contributed by atoms with Crippen LogP contribution in [-0.4, -0.2) is 36.8 Å². The maximum atomic E-state index is 8.79. The van der Waals surface area contributed by atoms with Crippen LogP contribution in [0, 0.1) is 11.3 Å². The van der Waals surface area contributed by atoms with Crippen molar-refractivity contribution in [1.29, 1.82) is 5.26 Å². The Bertz CT molecular complexity index is 626. The molecule has 0 aliphatic heterocycles. The zero-order valence-corrected chi connectivity index (χ0v) is 12.0. The van der Waals surface area contributed by atoms with Crippen molar-refractivity contribution in [2.24, 2.45) is 0 Å². The van der Waals surface area contributed by atoms with Crippen molar-refractivity contribution >= 4 is 28.3 Å². The van der Waals surface area contributed by atoms with Crippen LogP contribution in [0.25, 0.3) is 10.9 Å².